The van der Waals surface area contributed by atoms with Gasteiger partial charge in [-0.1, -0.05) is 43.3 Å². The van der Waals surface area contributed by atoms with Crippen molar-refractivity contribution >= 4 is 23.2 Å². The fourth-order valence-electron chi connectivity index (χ4n) is 4.26. The molecule has 1 aliphatic heterocycles. The Kier molecular flexibility index (Phi) is 8.30. The maximum Gasteiger partial charge on any atom is 0.252 e. The van der Waals surface area contributed by atoms with E-state index in [1.807, 2.05) is 61.4 Å². The second-order valence-corrected chi connectivity index (χ2v) is 10.2. The van der Waals surface area contributed by atoms with Crippen LogP contribution in [-0.2, 0) is 11.2 Å². The van der Waals surface area contributed by atoms with Crippen LogP contribution in [0.4, 0.5) is 0 Å². The molecule has 3 heterocycles. The quantitative estimate of drug-likeness (QED) is 0.487. The van der Waals surface area contributed by atoms with Gasteiger partial charge in [-0.3, -0.25) is 14.5 Å². The summed E-state index contributed by atoms with van der Waals surface area (Å²) in [5.41, 5.74) is 1.51. The number of nitrogens with zero attached hydrogens (tertiary/aromatic N) is 4. The molecular weight excluding hydrogens is 462 g/mol. The normalized spacial score (nSPS) is 15.4. The summed E-state index contributed by atoms with van der Waals surface area (Å²) in [7, 11) is 0. The number of nitrogens with one attached hydrogen (secondary N) is 1. The predicted molar refractivity (Wildman–Crippen MR) is 136 cm³/mol. The first-order chi connectivity index (χ1) is 16.9. The van der Waals surface area contributed by atoms with Gasteiger partial charge in [0.15, 0.2) is 0 Å². The Hall–Kier alpha value is -3.04. The van der Waals surface area contributed by atoms with Gasteiger partial charge in [-0.15, -0.1) is 11.3 Å². The van der Waals surface area contributed by atoms with Gasteiger partial charge in [0.25, 0.3) is 5.91 Å². The number of thiophene rings is 1. The molecule has 1 atom stereocenters. The third kappa shape index (κ3) is 6.35. The van der Waals surface area contributed by atoms with Crippen molar-refractivity contribution in [2.24, 2.45) is 5.92 Å². The number of rotatable bonds is 9. The van der Waals surface area contributed by atoms with Gasteiger partial charge >= 0.3 is 0 Å². The summed E-state index contributed by atoms with van der Waals surface area (Å²) < 4.78 is 5.39. The number of benzene rings is 1. The van der Waals surface area contributed by atoms with Crippen LogP contribution in [0, 0.1) is 12.8 Å². The number of carbonyl (C=O) groups is 2. The molecule has 2 amide bonds. The van der Waals surface area contributed by atoms with E-state index < -0.39 is 6.04 Å². The van der Waals surface area contributed by atoms with E-state index in [1.165, 1.54) is 0 Å². The fourth-order valence-corrected chi connectivity index (χ4v) is 4.91. The Balaban J connectivity index is 1.23. The average molecular weight is 496 g/mol. The lowest BCUT2D eigenvalue weighted by molar-refractivity contribution is -0.136. The van der Waals surface area contributed by atoms with Crippen molar-refractivity contribution in [1.82, 2.24) is 25.3 Å². The van der Waals surface area contributed by atoms with Crippen molar-refractivity contribution in [1.29, 1.82) is 0 Å². The van der Waals surface area contributed by atoms with Gasteiger partial charge in [-0.05, 0) is 48.9 Å². The second-order valence-electron chi connectivity index (χ2n) is 9.27. The van der Waals surface area contributed by atoms with Crippen LogP contribution in [-0.4, -0.2) is 70.5 Å². The van der Waals surface area contributed by atoms with E-state index in [1.54, 1.807) is 17.4 Å². The van der Waals surface area contributed by atoms with Gasteiger partial charge in [0, 0.05) is 38.2 Å². The highest BCUT2D eigenvalue weighted by molar-refractivity contribution is 7.13. The first-order valence-electron chi connectivity index (χ1n) is 12.2. The van der Waals surface area contributed by atoms with Crippen molar-refractivity contribution in [3.05, 3.63) is 58.8 Å². The molecule has 4 rings (SSSR count). The van der Waals surface area contributed by atoms with Gasteiger partial charge in [0.1, 0.15) is 6.04 Å². The molecule has 1 N–H and O–H groups in total. The number of piperazine rings is 1. The van der Waals surface area contributed by atoms with Crippen molar-refractivity contribution in [3.8, 4) is 10.7 Å². The standard InChI is InChI=1S/C26H33N5O3S/c1-18(2)23(28-25(32)20-9-5-4-8-19(20)3)26(33)31-15-13-30(14-16-31)12-6-11-22-27-24(29-34-22)21-10-7-17-35-21/h4-5,7-10,17-18,23H,6,11-16H2,1-3H3,(H,28,32). The van der Waals surface area contributed by atoms with Crippen LogP contribution < -0.4 is 5.32 Å². The van der Waals surface area contributed by atoms with Crippen molar-refractivity contribution in [2.75, 3.05) is 32.7 Å². The summed E-state index contributed by atoms with van der Waals surface area (Å²) in [6, 6.07) is 10.9. The van der Waals surface area contributed by atoms with Gasteiger partial charge in [-0.2, -0.15) is 4.98 Å². The number of hydrogen-bond donors (Lipinski definition) is 1. The molecule has 2 aromatic heterocycles. The summed E-state index contributed by atoms with van der Waals surface area (Å²) in [4.78, 5) is 35.8. The lowest BCUT2D eigenvalue weighted by Crippen LogP contribution is -2.56. The largest absolute Gasteiger partial charge is 0.340 e. The van der Waals surface area contributed by atoms with E-state index in [4.69, 9.17) is 4.52 Å². The number of aromatic nitrogens is 2. The Morgan fingerprint density at radius 3 is 2.57 bits per heavy atom. The minimum absolute atomic E-state index is 0.00183. The van der Waals surface area contributed by atoms with Crippen LogP contribution in [0.15, 0.2) is 46.3 Å². The van der Waals surface area contributed by atoms with E-state index >= 15 is 0 Å². The van der Waals surface area contributed by atoms with Gasteiger partial charge in [0.05, 0.1) is 4.88 Å². The summed E-state index contributed by atoms with van der Waals surface area (Å²) >= 11 is 1.60. The zero-order valence-corrected chi connectivity index (χ0v) is 21.4. The molecule has 0 bridgehead atoms. The summed E-state index contributed by atoms with van der Waals surface area (Å²) in [6.07, 6.45) is 1.65. The second kappa shape index (κ2) is 11.6. The highest BCUT2D eigenvalue weighted by atomic mass is 32.1. The molecule has 9 heteroatoms. The van der Waals surface area contributed by atoms with Crippen LogP contribution in [0.2, 0.25) is 0 Å². The summed E-state index contributed by atoms with van der Waals surface area (Å²) in [6.45, 7) is 9.70. The maximum atomic E-state index is 13.3. The molecule has 3 aromatic rings. The minimum atomic E-state index is -0.538. The van der Waals surface area contributed by atoms with Gasteiger partial charge < -0.3 is 14.7 Å². The molecule has 0 aliphatic carbocycles. The van der Waals surface area contributed by atoms with Crippen LogP contribution in [0.5, 0.6) is 0 Å². The Morgan fingerprint density at radius 2 is 1.89 bits per heavy atom. The lowest BCUT2D eigenvalue weighted by Gasteiger charge is -2.37. The monoisotopic (exact) mass is 495 g/mol. The Bertz CT molecular complexity index is 1120. The molecule has 0 radical (unpaired) electrons. The SMILES string of the molecule is Cc1ccccc1C(=O)NC(C(=O)N1CCN(CCCc2nc(-c3cccs3)no2)CC1)C(C)C. The van der Waals surface area contributed by atoms with Gasteiger partial charge in [-0.25, -0.2) is 0 Å². The van der Waals surface area contributed by atoms with E-state index in [0.717, 1.165) is 42.9 Å². The maximum absolute atomic E-state index is 13.3. The lowest BCUT2D eigenvalue weighted by atomic mass is 10.0. The third-order valence-corrected chi connectivity index (χ3v) is 7.23. The third-order valence-electron chi connectivity index (χ3n) is 6.37. The predicted octanol–water partition coefficient (Wildman–Crippen LogP) is 3.64. The molecule has 0 spiro atoms. The first kappa shape index (κ1) is 25.1. The molecule has 35 heavy (non-hydrogen) atoms. The molecule has 1 aliphatic rings. The van der Waals surface area contributed by atoms with Gasteiger partial charge in [0.2, 0.25) is 17.6 Å². The zero-order chi connectivity index (χ0) is 24.8. The zero-order valence-electron chi connectivity index (χ0n) is 20.6. The molecule has 186 valence electrons. The van der Waals surface area contributed by atoms with Crippen LogP contribution in [0.3, 0.4) is 0 Å². The highest BCUT2D eigenvalue weighted by Crippen LogP contribution is 2.21. The van der Waals surface area contributed by atoms with E-state index in [0.29, 0.717) is 30.4 Å². The molecule has 1 fully saturated rings. The average Bonchev–Trinajstić information content (AvgIpc) is 3.55. The van der Waals surface area contributed by atoms with Crippen LogP contribution >= 0.6 is 11.3 Å². The van der Waals surface area contributed by atoms with Crippen LogP contribution in [0.1, 0.15) is 42.1 Å². The molecule has 1 unspecified atom stereocenters. The van der Waals surface area contributed by atoms with Crippen LogP contribution in [0.25, 0.3) is 10.7 Å². The Morgan fingerprint density at radius 1 is 1.11 bits per heavy atom. The first-order valence-corrected chi connectivity index (χ1v) is 13.0. The van der Waals surface area contributed by atoms with E-state index in [-0.39, 0.29) is 17.7 Å². The fraction of sp³-hybridized carbons (Fsp3) is 0.462. The number of hydrogen-bond acceptors (Lipinski definition) is 7. The Labute approximate surface area is 210 Å². The molecule has 8 nitrogen and oxygen atoms in total. The molecule has 0 saturated carbocycles. The summed E-state index contributed by atoms with van der Waals surface area (Å²) in [5, 5.41) is 9.04. The van der Waals surface area contributed by atoms with E-state index in [2.05, 4.69) is 20.4 Å². The van der Waals surface area contributed by atoms with Crippen molar-refractivity contribution in [3.63, 3.8) is 0 Å². The number of carbonyl (C=O) groups excluding carboxylic acids is 2. The minimum Gasteiger partial charge on any atom is -0.340 e. The van der Waals surface area contributed by atoms with E-state index in [9.17, 15) is 9.59 Å². The topological polar surface area (TPSA) is 91.6 Å². The highest BCUT2D eigenvalue weighted by Gasteiger charge is 2.31. The number of amides is 2. The molecular formula is C26H33N5O3S. The van der Waals surface area contributed by atoms with Crippen molar-refractivity contribution < 1.29 is 14.1 Å². The smallest absolute Gasteiger partial charge is 0.252 e. The summed E-state index contributed by atoms with van der Waals surface area (Å²) in [5.74, 6) is 1.11. The van der Waals surface area contributed by atoms with Crippen molar-refractivity contribution in [2.45, 2.75) is 39.7 Å². The number of aryl methyl sites for hydroxylation is 2. The molecule has 1 saturated heterocycles. The molecule has 1 aromatic carbocycles.